The Labute approximate surface area is 80.7 Å². The zero-order valence-corrected chi connectivity index (χ0v) is 8.86. The summed E-state index contributed by atoms with van der Waals surface area (Å²) >= 11 is 5.35. The summed E-state index contributed by atoms with van der Waals surface area (Å²) in [6.45, 7) is 4.84. The molecule has 2 rings (SSSR count). The molecular weight excluding hydrogens is 164 g/mol. The molecule has 2 aliphatic carbocycles. The third kappa shape index (κ3) is 1.44. The van der Waals surface area contributed by atoms with Gasteiger partial charge in [0, 0.05) is 0 Å². The topological polar surface area (TPSA) is 0 Å². The molecule has 0 aromatic carbocycles. The first-order valence-electron chi connectivity index (χ1n) is 5.18. The summed E-state index contributed by atoms with van der Waals surface area (Å²) < 4.78 is 0. The predicted octanol–water partition coefficient (Wildman–Crippen LogP) is 3.45. The summed E-state index contributed by atoms with van der Waals surface area (Å²) in [5.41, 5.74) is 0. The summed E-state index contributed by atoms with van der Waals surface area (Å²) in [7, 11) is 0. The van der Waals surface area contributed by atoms with Gasteiger partial charge in [-0.25, -0.2) is 0 Å². The lowest BCUT2D eigenvalue weighted by Gasteiger charge is -2.43. The van der Waals surface area contributed by atoms with Crippen LogP contribution in [0.15, 0.2) is 0 Å². The zero-order valence-electron chi connectivity index (χ0n) is 8.05. The number of hydrogen-bond acceptors (Lipinski definition) is 1. The lowest BCUT2D eigenvalue weighted by molar-refractivity contribution is 0.120. The second-order valence-corrected chi connectivity index (χ2v) is 5.48. The highest BCUT2D eigenvalue weighted by Crippen LogP contribution is 2.45. The maximum absolute atomic E-state index is 5.35. The number of rotatable bonds is 0. The van der Waals surface area contributed by atoms with Crippen LogP contribution in [0.25, 0.3) is 0 Å². The monoisotopic (exact) mass is 182 g/mol. The van der Waals surface area contributed by atoms with Crippen molar-refractivity contribution in [2.45, 2.75) is 39.5 Å². The smallest absolute Gasteiger partial charge is 0.00658 e. The molecule has 2 fully saturated rings. The van der Waals surface area contributed by atoms with Crippen LogP contribution in [-0.4, -0.2) is 4.86 Å². The third-order valence-corrected chi connectivity index (χ3v) is 4.21. The molecular formula is C11H18S. The molecule has 0 aliphatic heterocycles. The Balaban J connectivity index is 2.13. The van der Waals surface area contributed by atoms with Crippen LogP contribution in [0.4, 0.5) is 0 Å². The second kappa shape index (κ2) is 3.10. The maximum Gasteiger partial charge on any atom is -0.00658 e. The Morgan fingerprint density at radius 1 is 1.08 bits per heavy atom. The molecule has 0 aromatic heterocycles. The molecule has 0 aromatic rings. The molecule has 2 atom stereocenters. The van der Waals surface area contributed by atoms with E-state index in [1.807, 2.05) is 0 Å². The van der Waals surface area contributed by atoms with Crippen LogP contribution >= 0.6 is 12.2 Å². The summed E-state index contributed by atoms with van der Waals surface area (Å²) in [6, 6.07) is 0. The van der Waals surface area contributed by atoms with Gasteiger partial charge in [-0.05, 0) is 54.2 Å². The first kappa shape index (κ1) is 8.68. The van der Waals surface area contributed by atoms with E-state index in [2.05, 4.69) is 13.8 Å². The molecule has 0 nitrogen and oxygen atoms in total. The first-order valence-corrected chi connectivity index (χ1v) is 5.59. The minimum Gasteiger partial charge on any atom is -0.0897 e. The van der Waals surface area contributed by atoms with Crippen molar-refractivity contribution in [2.24, 2.45) is 23.7 Å². The van der Waals surface area contributed by atoms with Gasteiger partial charge in [-0.15, -0.1) is 0 Å². The van der Waals surface area contributed by atoms with Gasteiger partial charge in [0.05, 0.1) is 0 Å². The van der Waals surface area contributed by atoms with Crippen molar-refractivity contribution in [3.63, 3.8) is 0 Å². The van der Waals surface area contributed by atoms with E-state index in [1.165, 1.54) is 30.5 Å². The van der Waals surface area contributed by atoms with Crippen molar-refractivity contribution in [2.75, 3.05) is 0 Å². The van der Waals surface area contributed by atoms with Gasteiger partial charge >= 0.3 is 0 Å². The van der Waals surface area contributed by atoms with Gasteiger partial charge in [-0.1, -0.05) is 26.1 Å². The lowest BCUT2D eigenvalue weighted by atomic mass is 9.62. The van der Waals surface area contributed by atoms with E-state index in [9.17, 15) is 0 Å². The van der Waals surface area contributed by atoms with Gasteiger partial charge in [-0.3, -0.25) is 0 Å². The highest BCUT2D eigenvalue weighted by molar-refractivity contribution is 7.80. The van der Waals surface area contributed by atoms with Gasteiger partial charge in [0.2, 0.25) is 0 Å². The van der Waals surface area contributed by atoms with Crippen LogP contribution in [-0.2, 0) is 0 Å². The Hall–Kier alpha value is 0.0900. The predicted molar refractivity (Wildman–Crippen MR) is 56.4 cm³/mol. The average molecular weight is 182 g/mol. The van der Waals surface area contributed by atoms with E-state index in [0.29, 0.717) is 0 Å². The maximum atomic E-state index is 5.35. The quantitative estimate of drug-likeness (QED) is 0.517. The van der Waals surface area contributed by atoms with Crippen molar-refractivity contribution in [3.05, 3.63) is 0 Å². The van der Waals surface area contributed by atoms with Gasteiger partial charge in [0.25, 0.3) is 0 Å². The van der Waals surface area contributed by atoms with Crippen LogP contribution in [0.3, 0.4) is 0 Å². The van der Waals surface area contributed by atoms with Crippen molar-refractivity contribution in [1.82, 2.24) is 0 Å². The fraction of sp³-hybridized carbons (Fsp3) is 0.909. The van der Waals surface area contributed by atoms with Crippen molar-refractivity contribution >= 4 is 17.1 Å². The van der Waals surface area contributed by atoms with Gasteiger partial charge in [-0.2, -0.15) is 0 Å². The molecule has 0 heterocycles. The van der Waals surface area contributed by atoms with E-state index in [1.54, 1.807) is 0 Å². The van der Waals surface area contributed by atoms with Crippen LogP contribution in [0.2, 0.25) is 0 Å². The Morgan fingerprint density at radius 3 is 2.08 bits per heavy atom. The molecule has 0 radical (unpaired) electrons. The standard InChI is InChI=1S/C11H18S/c1-7-3-9-5-11(12)6-10(4-7)8(9)2/h7-10H,3-6H2,1-2H3. The lowest BCUT2D eigenvalue weighted by Crippen LogP contribution is -2.36. The molecule has 0 amide bonds. The van der Waals surface area contributed by atoms with Crippen molar-refractivity contribution in [1.29, 1.82) is 0 Å². The van der Waals surface area contributed by atoms with Crippen LogP contribution in [0.1, 0.15) is 39.5 Å². The summed E-state index contributed by atoms with van der Waals surface area (Å²) in [5.74, 6) is 3.77. The summed E-state index contributed by atoms with van der Waals surface area (Å²) in [5, 5.41) is 0. The number of hydrogen-bond donors (Lipinski definition) is 0. The normalized spacial score (nSPS) is 47.7. The molecule has 0 N–H and O–H groups in total. The minimum atomic E-state index is 0.931. The molecule has 2 unspecified atom stereocenters. The molecule has 0 spiro atoms. The number of thiocarbonyl (C=S) groups is 1. The fourth-order valence-electron chi connectivity index (χ4n) is 3.15. The van der Waals surface area contributed by atoms with E-state index >= 15 is 0 Å². The summed E-state index contributed by atoms with van der Waals surface area (Å²) in [4.78, 5) is 1.36. The Bertz CT molecular complexity index is 179. The average Bonchev–Trinajstić information content (AvgIpc) is 1.94. The van der Waals surface area contributed by atoms with Crippen molar-refractivity contribution in [3.8, 4) is 0 Å². The Kier molecular flexibility index (Phi) is 2.24. The van der Waals surface area contributed by atoms with E-state index < -0.39 is 0 Å². The molecule has 0 saturated heterocycles. The first-order chi connectivity index (χ1) is 5.66. The fourth-order valence-corrected chi connectivity index (χ4v) is 3.58. The van der Waals surface area contributed by atoms with E-state index in [-0.39, 0.29) is 0 Å². The molecule has 1 heteroatoms. The van der Waals surface area contributed by atoms with Gasteiger partial charge in [0.15, 0.2) is 0 Å². The van der Waals surface area contributed by atoms with Gasteiger partial charge in [0.1, 0.15) is 0 Å². The van der Waals surface area contributed by atoms with E-state index in [0.717, 1.165) is 23.7 Å². The molecule has 2 saturated carbocycles. The van der Waals surface area contributed by atoms with Gasteiger partial charge < -0.3 is 0 Å². The highest BCUT2D eigenvalue weighted by Gasteiger charge is 2.37. The van der Waals surface area contributed by atoms with Crippen LogP contribution in [0, 0.1) is 23.7 Å². The molecule has 12 heavy (non-hydrogen) atoms. The molecule has 2 aliphatic rings. The highest BCUT2D eigenvalue weighted by atomic mass is 32.1. The van der Waals surface area contributed by atoms with Crippen molar-refractivity contribution < 1.29 is 0 Å². The van der Waals surface area contributed by atoms with E-state index in [4.69, 9.17) is 12.2 Å². The number of fused-ring (bicyclic) bond motifs is 2. The summed E-state index contributed by atoms with van der Waals surface area (Å²) in [6.07, 6.45) is 5.35. The third-order valence-electron chi connectivity index (χ3n) is 3.88. The van der Waals surface area contributed by atoms with Crippen LogP contribution < -0.4 is 0 Å². The second-order valence-electron chi connectivity index (χ2n) is 4.90. The Morgan fingerprint density at radius 2 is 1.58 bits per heavy atom. The zero-order chi connectivity index (χ0) is 8.72. The SMILES string of the molecule is CC1CC2CC(=S)CC(C1)C2C. The largest absolute Gasteiger partial charge is 0.0897 e. The molecule has 68 valence electrons. The molecule has 2 bridgehead atoms. The van der Waals surface area contributed by atoms with Crippen LogP contribution in [0.5, 0.6) is 0 Å². The minimum absolute atomic E-state index is 0.931.